The molecule has 0 aliphatic carbocycles. The Bertz CT molecular complexity index is 397. The van der Waals surface area contributed by atoms with Crippen LogP contribution < -0.4 is 0 Å². The van der Waals surface area contributed by atoms with E-state index in [1.807, 2.05) is 6.92 Å². The lowest BCUT2D eigenvalue weighted by Gasteiger charge is -2.04. The van der Waals surface area contributed by atoms with Crippen molar-refractivity contribution in [1.82, 2.24) is 0 Å². The van der Waals surface area contributed by atoms with Crippen molar-refractivity contribution < 1.29 is 0 Å². The molecule has 0 aromatic heterocycles. The van der Waals surface area contributed by atoms with Gasteiger partial charge in [0.2, 0.25) is 0 Å². The zero-order chi connectivity index (χ0) is 16.0. The Balaban J connectivity index is 1.94. The van der Waals surface area contributed by atoms with Crippen LogP contribution in [0.15, 0.2) is 24.3 Å². The zero-order valence-corrected chi connectivity index (χ0v) is 15.1. The van der Waals surface area contributed by atoms with Gasteiger partial charge in [-0.15, -0.1) is 0 Å². The molecule has 0 fully saturated rings. The number of nitrogens with one attached hydrogen (secondary N) is 1. The first-order valence-corrected chi connectivity index (χ1v) is 9.62. The summed E-state index contributed by atoms with van der Waals surface area (Å²) < 4.78 is 0. The van der Waals surface area contributed by atoms with Crippen molar-refractivity contribution >= 4 is 18.3 Å². The van der Waals surface area contributed by atoms with Crippen molar-refractivity contribution in [3.8, 4) is 0 Å². The minimum absolute atomic E-state index is 0.650. The largest absolute Gasteiger partial charge is 0.305 e. The molecule has 1 N–H and O–H groups in total. The summed E-state index contributed by atoms with van der Waals surface area (Å²) in [6.45, 7) is 1.84. The zero-order valence-electron chi connectivity index (χ0n) is 14.2. The molecule has 1 aromatic carbocycles. The Hall–Kier alpha value is -0.760. The summed E-state index contributed by atoms with van der Waals surface area (Å²) in [5, 5.41) is 7.60. The molecule has 0 radical (unpaired) electrons. The number of aryl methyl sites for hydroxylation is 1. The van der Waals surface area contributed by atoms with Gasteiger partial charge in [-0.1, -0.05) is 75.6 Å². The molecule has 22 heavy (non-hydrogen) atoms. The van der Waals surface area contributed by atoms with E-state index in [2.05, 4.69) is 36.9 Å². The Morgan fingerprint density at radius 2 is 1.23 bits per heavy atom. The predicted octanol–water partition coefficient (Wildman–Crippen LogP) is 6.45. The molecule has 2 heteroatoms. The maximum Gasteiger partial charge on any atom is 0.0355 e. The van der Waals surface area contributed by atoms with Gasteiger partial charge in [0.15, 0.2) is 0 Å². The first kappa shape index (κ1) is 19.3. The number of hydrogen-bond donors (Lipinski definition) is 2. The van der Waals surface area contributed by atoms with Crippen LogP contribution >= 0.6 is 12.6 Å². The Morgan fingerprint density at radius 3 is 1.68 bits per heavy atom. The molecule has 0 saturated carbocycles. The molecule has 0 spiro atoms. The molecule has 0 bridgehead atoms. The maximum atomic E-state index is 7.60. The standard InChI is InChI=1S/C20H33NS/c1-18(21)20-15-13-19(14-16-20)12-10-8-6-4-2-3-5-7-9-11-17-22/h13-16,21-22H,2-12,17H2,1H3. The maximum absolute atomic E-state index is 7.60. The summed E-state index contributed by atoms with van der Waals surface area (Å²) in [5.74, 6) is 1.05. The van der Waals surface area contributed by atoms with Crippen molar-refractivity contribution in [3.63, 3.8) is 0 Å². The first-order valence-electron chi connectivity index (χ1n) is 8.99. The molecule has 0 aliphatic heterocycles. The fourth-order valence-electron chi connectivity index (χ4n) is 2.78. The second-order valence-electron chi connectivity index (χ2n) is 6.33. The van der Waals surface area contributed by atoms with Crippen LogP contribution in [-0.2, 0) is 6.42 Å². The van der Waals surface area contributed by atoms with Crippen LogP contribution in [0.3, 0.4) is 0 Å². The van der Waals surface area contributed by atoms with E-state index in [1.54, 1.807) is 0 Å². The summed E-state index contributed by atoms with van der Waals surface area (Å²) in [6.07, 6.45) is 14.9. The van der Waals surface area contributed by atoms with E-state index in [9.17, 15) is 0 Å². The number of hydrogen-bond acceptors (Lipinski definition) is 2. The minimum Gasteiger partial charge on any atom is -0.305 e. The fourth-order valence-corrected chi connectivity index (χ4v) is 3.00. The average Bonchev–Trinajstić information content (AvgIpc) is 2.53. The molecule has 124 valence electrons. The summed E-state index contributed by atoms with van der Waals surface area (Å²) in [6, 6.07) is 8.51. The van der Waals surface area contributed by atoms with Crippen LogP contribution in [0.1, 0.15) is 82.3 Å². The van der Waals surface area contributed by atoms with E-state index in [0.717, 1.165) is 11.3 Å². The number of unbranched alkanes of at least 4 members (excludes halogenated alkanes) is 9. The van der Waals surface area contributed by atoms with E-state index >= 15 is 0 Å². The molecule has 1 rings (SSSR count). The van der Waals surface area contributed by atoms with Crippen LogP contribution in [0.25, 0.3) is 0 Å². The van der Waals surface area contributed by atoms with Gasteiger partial charge in [-0.25, -0.2) is 0 Å². The van der Waals surface area contributed by atoms with Gasteiger partial charge in [0.1, 0.15) is 0 Å². The SMILES string of the molecule is CC(=N)c1ccc(CCCCCCCCCCCCS)cc1. The summed E-state index contributed by atoms with van der Waals surface area (Å²) in [5.41, 5.74) is 3.10. The van der Waals surface area contributed by atoms with E-state index in [0.29, 0.717) is 5.71 Å². The van der Waals surface area contributed by atoms with Crippen molar-refractivity contribution in [2.24, 2.45) is 0 Å². The van der Waals surface area contributed by atoms with Gasteiger partial charge in [0, 0.05) is 5.71 Å². The Labute approximate surface area is 142 Å². The van der Waals surface area contributed by atoms with Gasteiger partial charge in [-0.2, -0.15) is 12.6 Å². The number of thiol groups is 1. The van der Waals surface area contributed by atoms with Crippen molar-refractivity contribution in [2.75, 3.05) is 5.75 Å². The highest BCUT2D eigenvalue weighted by atomic mass is 32.1. The van der Waals surface area contributed by atoms with Crippen molar-refractivity contribution in [3.05, 3.63) is 35.4 Å². The van der Waals surface area contributed by atoms with Gasteiger partial charge in [-0.3, -0.25) is 0 Å². The lowest BCUT2D eigenvalue weighted by Crippen LogP contribution is -1.93. The van der Waals surface area contributed by atoms with Crippen molar-refractivity contribution in [2.45, 2.75) is 77.6 Å². The second-order valence-corrected chi connectivity index (χ2v) is 6.78. The van der Waals surface area contributed by atoms with Gasteiger partial charge >= 0.3 is 0 Å². The quantitative estimate of drug-likeness (QED) is 0.237. The first-order chi connectivity index (χ1) is 10.7. The average molecular weight is 320 g/mol. The van der Waals surface area contributed by atoms with Crippen LogP contribution in [0.4, 0.5) is 0 Å². The smallest absolute Gasteiger partial charge is 0.0355 e. The van der Waals surface area contributed by atoms with Crippen LogP contribution in [0, 0.1) is 5.41 Å². The fraction of sp³-hybridized carbons (Fsp3) is 0.650. The Morgan fingerprint density at radius 1 is 0.773 bits per heavy atom. The molecule has 0 aliphatic rings. The highest BCUT2D eigenvalue weighted by Gasteiger charge is 1.97. The van der Waals surface area contributed by atoms with Crippen LogP contribution in [0.2, 0.25) is 0 Å². The third kappa shape index (κ3) is 9.30. The lowest BCUT2D eigenvalue weighted by atomic mass is 10.0. The van der Waals surface area contributed by atoms with E-state index < -0.39 is 0 Å². The molecule has 0 heterocycles. The Kier molecular flexibility index (Phi) is 11.2. The lowest BCUT2D eigenvalue weighted by molar-refractivity contribution is 0.557. The van der Waals surface area contributed by atoms with Gasteiger partial charge in [0.05, 0.1) is 0 Å². The summed E-state index contributed by atoms with van der Waals surface area (Å²) >= 11 is 4.24. The van der Waals surface area contributed by atoms with E-state index in [4.69, 9.17) is 5.41 Å². The van der Waals surface area contributed by atoms with E-state index in [1.165, 1.54) is 76.2 Å². The second kappa shape index (κ2) is 12.8. The predicted molar refractivity (Wildman–Crippen MR) is 103 cm³/mol. The molecule has 0 saturated heterocycles. The number of rotatable bonds is 13. The van der Waals surface area contributed by atoms with Gasteiger partial charge in [0.25, 0.3) is 0 Å². The molecule has 1 nitrogen and oxygen atoms in total. The third-order valence-corrected chi connectivity index (χ3v) is 4.58. The molecule has 0 unspecified atom stereocenters. The van der Waals surface area contributed by atoms with Crippen molar-refractivity contribution in [1.29, 1.82) is 5.41 Å². The molecule has 0 amide bonds. The van der Waals surface area contributed by atoms with Crippen LogP contribution in [0.5, 0.6) is 0 Å². The summed E-state index contributed by atoms with van der Waals surface area (Å²) in [4.78, 5) is 0. The molecule has 0 atom stereocenters. The topological polar surface area (TPSA) is 23.9 Å². The summed E-state index contributed by atoms with van der Waals surface area (Å²) in [7, 11) is 0. The normalized spacial score (nSPS) is 10.8. The molecular formula is C20H33NS. The van der Waals surface area contributed by atoms with Crippen LogP contribution in [-0.4, -0.2) is 11.5 Å². The number of benzene rings is 1. The van der Waals surface area contributed by atoms with Gasteiger partial charge in [-0.05, 0) is 43.1 Å². The van der Waals surface area contributed by atoms with Gasteiger partial charge < -0.3 is 5.41 Å². The highest BCUT2D eigenvalue weighted by Crippen LogP contribution is 2.13. The van der Waals surface area contributed by atoms with E-state index in [-0.39, 0.29) is 0 Å². The third-order valence-electron chi connectivity index (χ3n) is 4.26. The highest BCUT2D eigenvalue weighted by molar-refractivity contribution is 7.80. The molecule has 1 aromatic rings. The molecular weight excluding hydrogens is 286 g/mol. The monoisotopic (exact) mass is 319 g/mol. The minimum atomic E-state index is 0.650.